The maximum atomic E-state index is 12.5. The smallest absolute Gasteiger partial charge is 0.237 e. The van der Waals surface area contributed by atoms with E-state index in [1.54, 1.807) is 0 Å². The molecule has 0 aromatic heterocycles. The average molecular weight is 257 g/mol. The molecule has 19 heavy (non-hydrogen) atoms. The van der Waals surface area contributed by atoms with E-state index in [2.05, 4.69) is 0 Å². The molecule has 1 saturated carbocycles. The van der Waals surface area contributed by atoms with Crippen LogP contribution in [0.5, 0.6) is 0 Å². The lowest BCUT2D eigenvalue weighted by Gasteiger charge is -2.19. The second kappa shape index (κ2) is 4.48. The van der Waals surface area contributed by atoms with Gasteiger partial charge in [0.15, 0.2) is 0 Å². The second-order valence-electron chi connectivity index (χ2n) is 5.80. The molecule has 0 spiro atoms. The van der Waals surface area contributed by atoms with E-state index in [0.717, 1.165) is 42.5 Å². The van der Waals surface area contributed by atoms with Crippen molar-refractivity contribution in [2.75, 3.05) is 4.90 Å². The van der Waals surface area contributed by atoms with Crippen LogP contribution in [0.1, 0.15) is 36.8 Å². The van der Waals surface area contributed by atoms with Gasteiger partial charge in [-0.25, -0.2) is 4.90 Å². The van der Waals surface area contributed by atoms with Gasteiger partial charge in [-0.3, -0.25) is 9.59 Å². The molecule has 100 valence electrons. The van der Waals surface area contributed by atoms with E-state index < -0.39 is 0 Å². The average Bonchev–Trinajstić information content (AvgIpc) is 2.64. The highest BCUT2D eigenvalue weighted by atomic mass is 16.2. The number of fused-ring (bicyclic) bond motifs is 1. The first-order valence-corrected chi connectivity index (χ1v) is 7.04. The van der Waals surface area contributed by atoms with Crippen LogP contribution in [0.15, 0.2) is 18.2 Å². The highest BCUT2D eigenvalue weighted by Gasteiger charge is 2.48. The summed E-state index contributed by atoms with van der Waals surface area (Å²) in [7, 11) is 0. The number of carbonyl (C=O) groups excluding carboxylic acids is 2. The number of aryl methyl sites for hydroxylation is 2. The number of benzene rings is 1. The fraction of sp³-hybridized carbons (Fsp3) is 0.500. The molecule has 2 amide bonds. The molecule has 2 atom stereocenters. The van der Waals surface area contributed by atoms with Crippen LogP contribution in [0.2, 0.25) is 0 Å². The zero-order chi connectivity index (χ0) is 13.6. The minimum absolute atomic E-state index is 0.0154. The highest BCUT2D eigenvalue weighted by molar-refractivity contribution is 6.22. The number of carbonyl (C=O) groups is 2. The molecule has 0 N–H and O–H groups in total. The molecule has 1 aromatic rings. The summed E-state index contributed by atoms with van der Waals surface area (Å²) in [5.41, 5.74) is 2.92. The molecule has 3 rings (SSSR count). The van der Waals surface area contributed by atoms with Crippen LogP contribution in [0.3, 0.4) is 0 Å². The molecule has 3 heteroatoms. The summed E-state index contributed by atoms with van der Waals surface area (Å²) in [4.78, 5) is 26.4. The predicted molar refractivity (Wildman–Crippen MR) is 73.9 cm³/mol. The van der Waals surface area contributed by atoms with Crippen molar-refractivity contribution in [2.24, 2.45) is 11.8 Å². The molecular formula is C16H19NO2. The van der Waals surface area contributed by atoms with E-state index in [1.807, 2.05) is 32.0 Å². The fourth-order valence-corrected chi connectivity index (χ4v) is 3.46. The summed E-state index contributed by atoms with van der Waals surface area (Å²) >= 11 is 0. The van der Waals surface area contributed by atoms with E-state index in [9.17, 15) is 9.59 Å². The van der Waals surface area contributed by atoms with Crippen LogP contribution in [0.25, 0.3) is 0 Å². The zero-order valence-corrected chi connectivity index (χ0v) is 11.5. The van der Waals surface area contributed by atoms with E-state index in [0.29, 0.717) is 0 Å². The van der Waals surface area contributed by atoms with Crippen molar-refractivity contribution >= 4 is 17.5 Å². The van der Waals surface area contributed by atoms with Gasteiger partial charge in [0.05, 0.1) is 17.5 Å². The third kappa shape index (κ3) is 1.88. The van der Waals surface area contributed by atoms with Crippen LogP contribution in [0, 0.1) is 25.7 Å². The molecule has 2 aliphatic rings. The van der Waals surface area contributed by atoms with Crippen molar-refractivity contribution in [2.45, 2.75) is 39.5 Å². The third-order valence-corrected chi connectivity index (χ3v) is 4.43. The van der Waals surface area contributed by atoms with Gasteiger partial charge in [0, 0.05) is 0 Å². The summed E-state index contributed by atoms with van der Waals surface area (Å²) in [6.07, 6.45) is 3.88. The van der Waals surface area contributed by atoms with Gasteiger partial charge in [0.2, 0.25) is 11.8 Å². The van der Waals surface area contributed by atoms with Gasteiger partial charge in [-0.2, -0.15) is 0 Å². The minimum atomic E-state index is -0.0676. The normalized spacial score (nSPS) is 26.7. The number of amides is 2. The van der Waals surface area contributed by atoms with Crippen molar-refractivity contribution in [3.05, 3.63) is 29.3 Å². The Kier molecular flexibility index (Phi) is 2.92. The quantitative estimate of drug-likeness (QED) is 0.725. The number of rotatable bonds is 1. The molecule has 1 aliphatic carbocycles. The lowest BCUT2D eigenvalue weighted by atomic mass is 9.81. The summed E-state index contributed by atoms with van der Waals surface area (Å²) in [5.74, 6) is -0.104. The van der Waals surface area contributed by atoms with Gasteiger partial charge in [0.25, 0.3) is 0 Å². The largest absolute Gasteiger partial charge is 0.274 e. The maximum absolute atomic E-state index is 12.5. The number of nitrogens with zero attached hydrogens (tertiary/aromatic N) is 1. The molecule has 1 aromatic carbocycles. The van der Waals surface area contributed by atoms with Crippen molar-refractivity contribution in [3.8, 4) is 0 Å². The molecule has 1 saturated heterocycles. The minimum Gasteiger partial charge on any atom is -0.274 e. The number of imide groups is 1. The zero-order valence-electron chi connectivity index (χ0n) is 11.5. The standard InChI is InChI=1S/C16H19NO2/c1-10-7-8-14(11(2)9-10)17-15(18)12-5-3-4-6-13(12)16(17)19/h7-9,12-13H,3-6H2,1-2H3. The monoisotopic (exact) mass is 257 g/mol. The molecule has 3 nitrogen and oxygen atoms in total. The Balaban J connectivity index is 2.00. The molecule has 1 heterocycles. The van der Waals surface area contributed by atoms with E-state index in [1.165, 1.54) is 4.90 Å². The number of anilines is 1. The van der Waals surface area contributed by atoms with Crippen LogP contribution < -0.4 is 4.90 Å². The van der Waals surface area contributed by atoms with E-state index in [4.69, 9.17) is 0 Å². The van der Waals surface area contributed by atoms with Gasteiger partial charge < -0.3 is 0 Å². The maximum Gasteiger partial charge on any atom is 0.237 e. The Morgan fingerprint density at radius 3 is 2.11 bits per heavy atom. The van der Waals surface area contributed by atoms with Crippen LogP contribution in [0.4, 0.5) is 5.69 Å². The number of hydrogen-bond donors (Lipinski definition) is 0. The second-order valence-corrected chi connectivity index (χ2v) is 5.80. The van der Waals surface area contributed by atoms with Crippen molar-refractivity contribution < 1.29 is 9.59 Å². The van der Waals surface area contributed by atoms with E-state index >= 15 is 0 Å². The molecule has 1 aliphatic heterocycles. The van der Waals surface area contributed by atoms with Gasteiger partial charge in [-0.15, -0.1) is 0 Å². The van der Waals surface area contributed by atoms with E-state index in [-0.39, 0.29) is 23.7 Å². The predicted octanol–water partition coefficient (Wildman–Crippen LogP) is 2.98. The van der Waals surface area contributed by atoms with Crippen LogP contribution in [-0.2, 0) is 9.59 Å². The fourth-order valence-electron chi connectivity index (χ4n) is 3.46. The summed E-state index contributed by atoms with van der Waals surface area (Å²) in [6.45, 7) is 3.98. The topological polar surface area (TPSA) is 37.4 Å². The summed E-state index contributed by atoms with van der Waals surface area (Å²) < 4.78 is 0. The third-order valence-electron chi connectivity index (χ3n) is 4.43. The highest BCUT2D eigenvalue weighted by Crippen LogP contribution is 2.40. The van der Waals surface area contributed by atoms with Gasteiger partial charge in [0.1, 0.15) is 0 Å². The lowest BCUT2D eigenvalue weighted by molar-refractivity contribution is -0.122. The Morgan fingerprint density at radius 2 is 1.58 bits per heavy atom. The van der Waals surface area contributed by atoms with Crippen LogP contribution in [-0.4, -0.2) is 11.8 Å². The van der Waals surface area contributed by atoms with Crippen molar-refractivity contribution in [1.82, 2.24) is 0 Å². The summed E-state index contributed by atoms with van der Waals surface area (Å²) in [6, 6.07) is 5.89. The molecule has 2 fully saturated rings. The molecular weight excluding hydrogens is 238 g/mol. The van der Waals surface area contributed by atoms with Gasteiger partial charge in [-0.05, 0) is 38.3 Å². The Hall–Kier alpha value is -1.64. The Morgan fingerprint density at radius 1 is 1.00 bits per heavy atom. The Labute approximate surface area is 113 Å². The van der Waals surface area contributed by atoms with Gasteiger partial charge in [-0.1, -0.05) is 30.5 Å². The van der Waals surface area contributed by atoms with Crippen molar-refractivity contribution in [1.29, 1.82) is 0 Å². The SMILES string of the molecule is Cc1ccc(N2C(=O)C3CCCCC3C2=O)c(C)c1. The molecule has 0 radical (unpaired) electrons. The van der Waals surface area contributed by atoms with Crippen molar-refractivity contribution in [3.63, 3.8) is 0 Å². The first-order valence-electron chi connectivity index (χ1n) is 7.04. The number of hydrogen-bond acceptors (Lipinski definition) is 2. The first kappa shape index (κ1) is 12.4. The Bertz CT molecular complexity index is 526. The lowest BCUT2D eigenvalue weighted by Crippen LogP contribution is -2.31. The molecule has 0 bridgehead atoms. The first-order chi connectivity index (χ1) is 9.09. The van der Waals surface area contributed by atoms with Gasteiger partial charge >= 0.3 is 0 Å². The van der Waals surface area contributed by atoms with Crippen LogP contribution >= 0.6 is 0 Å². The summed E-state index contributed by atoms with van der Waals surface area (Å²) in [5, 5.41) is 0. The molecule has 2 unspecified atom stereocenters.